The topological polar surface area (TPSA) is 3.24 Å². The highest BCUT2D eigenvalue weighted by molar-refractivity contribution is 6.23. The number of anilines is 3. The van der Waals surface area contributed by atoms with Crippen molar-refractivity contribution in [3.63, 3.8) is 0 Å². The summed E-state index contributed by atoms with van der Waals surface area (Å²) in [6, 6.07) is 69.2. The molecule has 0 saturated heterocycles. The van der Waals surface area contributed by atoms with Gasteiger partial charge in [0.25, 0.3) is 0 Å². The van der Waals surface area contributed by atoms with Crippen LogP contribution in [-0.4, -0.2) is 0 Å². The van der Waals surface area contributed by atoms with Crippen LogP contribution in [0.1, 0.15) is 25.0 Å². The molecule has 1 nitrogen and oxygen atoms in total. The Kier molecular flexibility index (Phi) is 6.91. The molecule has 0 heterocycles. The van der Waals surface area contributed by atoms with E-state index >= 15 is 0 Å². The summed E-state index contributed by atoms with van der Waals surface area (Å²) in [5, 5.41) is 7.67. The van der Waals surface area contributed by atoms with E-state index in [0.29, 0.717) is 0 Å². The van der Waals surface area contributed by atoms with Gasteiger partial charge in [-0.3, -0.25) is 0 Å². The number of hydrogen-bond acceptors (Lipinski definition) is 1. The van der Waals surface area contributed by atoms with Crippen molar-refractivity contribution in [2.75, 3.05) is 4.90 Å². The highest BCUT2D eigenvalue weighted by atomic mass is 15.1. The molecule has 0 radical (unpaired) electrons. The van der Waals surface area contributed by atoms with Crippen LogP contribution in [0.3, 0.4) is 0 Å². The second kappa shape index (κ2) is 11.8. The van der Waals surface area contributed by atoms with Crippen molar-refractivity contribution in [1.82, 2.24) is 0 Å². The minimum atomic E-state index is -0.0499. The van der Waals surface area contributed by atoms with Gasteiger partial charge in [-0.05, 0) is 108 Å². The first-order valence-corrected chi connectivity index (χ1v) is 18.2. The van der Waals surface area contributed by atoms with Gasteiger partial charge in [0.1, 0.15) is 0 Å². The molecular formula is C51H37N. The normalized spacial score (nSPS) is 13.0. The second-order valence-corrected chi connectivity index (χ2v) is 14.5. The maximum atomic E-state index is 2.44. The molecule has 9 aromatic carbocycles. The van der Waals surface area contributed by atoms with E-state index in [0.717, 1.165) is 17.1 Å². The molecule has 0 atom stereocenters. The molecule has 0 unspecified atom stereocenters. The van der Waals surface area contributed by atoms with Crippen LogP contribution < -0.4 is 4.90 Å². The van der Waals surface area contributed by atoms with Crippen molar-refractivity contribution >= 4 is 49.4 Å². The van der Waals surface area contributed by atoms with Gasteiger partial charge in [0.2, 0.25) is 0 Å². The fraction of sp³-hybridized carbons (Fsp3) is 0.0588. The summed E-state index contributed by atoms with van der Waals surface area (Å²) in [5.41, 5.74) is 13.6. The molecule has 0 aromatic heterocycles. The summed E-state index contributed by atoms with van der Waals surface area (Å²) in [5.74, 6) is 0. The maximum absolute atomic E-state index is 2.44. The first-order chi connectivity index (χ1) is 25.6. The minimum Gasteiger partial charge on any atom is -0.310 e. The van der Waals surface area contributed by atoms with E-state index in [1.165, 1.54) is 76.8 Å². The zero-order valence-electron chi connectivity index (χ0n) is 29.3. The van der Waals surface area contributed by atoms with E-state index in [1.807, 2.05) is 0 Å². The Morgan fingerprint density at radius 1 is 0.365 bits per heavy atom. The summed E-state index contributed by atoms with van der Waals surface area (Å²) in [4.78, 5) is 2.44. The highest BCUT2D eigenvalue weighted by Gasteiger charge is 2.35. The Morgan fingerprint density at radius 3 is 1.81 bits per heavy atom. The predicted molar refractivity (Wildman–Crippen MR) is 222 cm³/mol. The number of benzene rings is 9. The highest BCUT2D eigenvalue weighted by Crippen LogP contribution is 2.51. The second-order valence-electron chi connectivity index (χ2n) is 14.5. The first kappa shape index (κ1) is 30.4. The van der Waals surface area contributed by atoms with E-state index in [2.05, 4.69) is 207 Å². The lowest BCUT2D eigenvalue weighted by Gasteiger charge is -2.29. The zero-order chi connectivity index (χ0) is 34.8. The lowest BCUT2D eigenvalue weighted by Crippen LogP contribution is -2.15. The Bertz CT molecular complexity index is 2810. The Hall–Kier alpha value is -6.44. The summed E-state index contributed by atoms with van der Waals surface area (Å²) >= 11 is 0. The quantitative estimate of drug-likeness (QED) is 0.166. The Morgan fingerprint density at radius 2 is 0.981 bits per heavy atom. The zero-order valence-corrected chi connectivity index (χ0v) is 29.3. The molecule has 0 amide bonds. The number of nitrogens with zero attached hydrogens (tertiary/aromatic N) is 1. The van der Waals surface area contributed by atoms with Crippen molar-refractivity contribution in [1.29, 1.82) is 0 Å². The summed E-state index contributed by atoms with van der Waals surface area (Å²) < 4.78 is 0. The van der Waals surface area contributed by atoms with Crippen LogP contribution in [0.5, 0.6) is 0 Å². The van der Waals surface area contributed by atoms with Crippen molar-refractivity contribution < 1.29 is 0 Å². The maximum Gasteiger partial charge on any atom is 0.0540 e. The predicted octanol–water partition coefficient (Wildman–Crippen LogP) is 14.3. The third-order valence-electron chi connectivity index (χ3n) is 11.2. The van der Waals surface area contributed by atoms with Gasteiger partial charge in [-0.25, -0.2) is 0 Å². The van der Waals surface area contributed by atoms with E-state index in [1.54, 1.807) is 0 Å². The van der Waals surface area contributed by atoms with Gasteiger partial charge in [0.05, 0.1) is 5.69 Å². The van der Waals surface area contributed by atoms with Crippen LogP contribution in [0.4, 0.5) is 17.1 Å². The molecule has 0 bridgehead atoms. The largest absolute Gasteiger partial charge is 0.310 e. The van der Waals surface area contributed by atoms with E-state index in [9.17, 15) is 0 Å². The molecule has 0 N–H and O–H groups in total. The van der Waals surface area contributed by atoms with Gasteiger partial charge in [-0.1, -0.05) is 166 Å². The lowest BCUT2D eigenvalue weighted by atomic mass is 9.82. The summed E-state index contributed by atoms with van der Waals surface area (Å²) in [6.07, 6.45) is 0. The fourth-order valence-electron chi connectivity index (χ4n) is 8.70. The van der Waals surface area contributed by atoms with Gasteiger partial charge < -0.3 is 4.90 Å². The summed E-state index contributed by atoms with van der Waals surface area (Å²) in [6.45, 7) is 4.69. The van der Waals surface area contributed by atoms with Crippen LogP contribution >= 0.6 is 0 Å². The monoisotopic (exact) mass is 663 g/mol. The Balaban J connectivity index is 1.18. The van der Waals surface area contributed by atoms with Crippen LogP contribution in [0.15, 0.2) is 188 Å². The minimum absolute atomic E-state index is 0.0499. The number of para-hydroxylation sites is 1. The smallest absolute Gasteiger partial charge is 0.0540 e. The molecular weight excluding hydrogens is 627 g/mol. The lowest BCUT2D eigenvalue weighted by molar-refractivity contribution is 0.660. The molecule has 9 aromatic rings. The van der Waals surface area contributed by atoms with Gasteiger partial charge in [0, 0.05) is 22.4 Å². The van der Waals surface area contributed by atoms with Crippen molar-refractivity contribution in [3.8, 4) is 33.4 Å². The number of hydrogen-bond donors (Lipinski definition) is 0. The molecule has 1 heteroatoms. The average molecular weight is 664 g/mol. The fourth-order valence-corrected chi connectivity index (χ4v) is 8.70. The van der Waals surface area contributed by atoms with Gasteiger partial charge in [0.15, 0.2) is 0 Å². The van der Waals surface area contributed by atoms with Crippen molar-refractivity contribution in [3.05, 3.63) is 199 Å². The molecule has 0 aliphatic heterocycles. The molecule has 0 fully saturated rings. The third-order valence-corrected chi connectivity index (χ3v) is 11.2. The molecule has 10 rings (SSSR count). The van der Waals surface area contributed by atoms with Crippen LogP contribution in [0.2, 0.25) is 0 Å². The number of fused-ring (bicyclic) bond motifs is 8. The molecule has 52 heavy (non-hydrogen) atoms. The molecule has 0 spiro atoms. The molecule has 1 aliphatic rings. The third kappa shape index (κ3) is 4.70. The van der Waals surface area contributed by atoms with Crippen LogP contribution in [-0.2, 0) is 5.41 Å². The van der Waals surface area contributed by atoms with Gasteiger partial charge in [-0.15, -0.1) is 0 Å². The Labute approximate surface area is 305 Å². The molecule has 0 saturated carbocycles. The van der Waals surface area contributed by atoms with Crippen molar-refractivity contribution in [2.45, 2.75) is 19.3 Å². The van der Waals surface area contributed by atoms with E-state index in [4.69, 9.17) is 0 Å². The van der Waals surface area contributed by atoms with Gasteiger partial charge >= 0.3 is 0 Å². The SMILES string of the molecule is CC1(C)c2ccccc2-c2cc(N(c3ccc(-c4cc5ccccc5c5ccc6ccccc6c45)cc3)c3ccccc3-c3ccccc3)ccc21. The average Bonchev–Trinajstić information content (AvgIpc) is 3.43. The first-order valence-electron chi connectivity index (χ1n) is 18.2. The summed E-state index contributed by atoms with van der Waals surface area (Å²) in [7, 11) is 0. The van der Waals surface area contributed by atoms with Gasteiger partial charge in [-0.2, -0.15) is 0 Å². The van der Waals surface area contributed by atoms with Crippen molar-refractivity contribution in [2.24, 2.45) is 0 Å². The van der Waals surface area contributed by atoms with E-state index in [-0.39, 0.29) is 5.41 Å². The molecule has 246 valence electrons. The van der Waals surface area contributed by atoms with E-state index < -0.39 is 0 Å². The standard InChI is InChI=1S/C51H37N/c1-51(2)47-22-12-10-21-43(47)46-33-39(29-31-48(46)51)52(49-23-13-11-19-41(49)34-14-4-3-5-15-34)38-27-24-36(25-28-38)45-32-37-17-7-8-18-40(37)44-30-26-35-16-6-9-20-42(35)50(44)45/h3-33H,1-2H3. The number of rotatable bonds is 5. The van der Waals surface area contributed by atoms with Crippen LogP contribution in [0, 0.1) is 0 Å². The van der Waals surface area contributed by atoms with Crippen LogP contribution in [0.25, 0.3) is 65.7 Å². The molecule has 1 aliphatic carbocycles.